The number of carbonyl (C=O) groups is 1. The van der Waals surface area contributed by atoms with E-state index in [2.05, 4.69) is 6.92 Å². The number of aliphatic carboxylic acids is 1. The van der Waals surface area contributed by atoms with Gasteiger partial charge in [0.05, 0.1) is 6.61 Å². The summed E-state index contributed by atoms with van der Waals surface area (Å²) in [6, 6.07) is 7.46. The van der Waals surface area contributed by atoms with Crippen LogP contribution in [0.25, 0.3) is 6.08 Å². The van der Waals surface area contributed by atoms with Gasteiger partial charge in [0.25, 0.3) is 0 Å². The van der Waals surface area contributed by atoms with Crippen molar-refractivity contribution >= 4 is 12.0 Å². The molecule has 0 unspecified atom stereocenters. The van der Waals surface area contributed by atoms with Gasteiger partial charge >= 0.3 is 5.97 Å². The molecule has 0 aliphatic carbocycles. The standard InChI is InChI=1S/C17H24O3/c1-2-3-4-5-6-7-14-20-16-11-8-15(9-12-16)10-13-17(18)19/h8-13H,2-7,14H2,1H3,(H,18,19)/b13-10+. The second kappa shape index (κ2) is 10.1. The van der Waals surface area contributed by atoms with Crippen LogP contribution in [-0.4, -0.2) is 17.7 Å². The lowest BCUT2D eigenvalue weighted by Crippen LogP contribution is -1.97. The number of hydrogen-bond acceptors (Lipinski definition) is 2. The molecule has 3 heteroatoms. The van der Waals surface area contributed by atoms with E-state index in [1.807, 2.05) is 24.3 Å². The second-order valence-electron chi connectivity index (χ2n) is 4.86. The molecule has 0 heterocycles. The topological polar surface area (TPSA) is 46.5 Å². The molecule has 110 valence electrons. The van der Waals surface area contributed by atoms with Crippen LogP contribution in [0, 0.1) is 0 Å². The molecule has 1 rings (SSSR count). The fourth-order valence-electron chi connectivity index (χ4n) is 1.92. The maximum atomic E-state index is 10.4. The number of ether oxygens (including phenoxy) is 1. The van der Waals surface area contributed by atoms with Crippen molar-refractivity contribution in [3.8, 4) is 5.75 Å². The molecular weight excluding hydrogens is 252 g/mol. The second-order valence-corrected chi connectivity index (χ2v) is 4.86. The monoisotopic (exact) mass is 276 g/mol. The summed E-state index contributed by atoms with van der Waals surface area (Å²) in [6.07, 6.45) is 10.2. The van der Waals surface area contributed by atoms with Gasteiger partial charge in [0.1, 0.15) is 5.75 Å². The van der Waals surface area contributed by atoms with Crippen LogP contribution in [0.4, 0.5) is 0 Å². The molecule has 0 atom stereocenters. The molecule has 0 aliphatic heterocycles. The van der Waals surface area contributed by atoms with Crippen molar-refractivity contribution < 1.29 is 14.6 Å². The Bertz CT molecular complexity index is 407. The predicted molar refractivity (Wildman–Crippen MR) is 82.0 cm³/mol. The Morgan fingerprint density at radius 3 is 2.40 bits per heavy atom. The highest BCUT2D eigenvalue weighted by Gasteiger charge is 1.95. The molecule has 0 radical (unpaired) electrons. The number of carboxylic acids is 1. The highest BCUT2D eigenvalue weighted by atomic mass is 16.5. The van der Waals surface area contributed by atoms with E-state index < -0.39 is 5.97 Å². The average Bonchev–Trinajstić information content (AvgIpc) is 2.45. The molecule has 1 N–H and O–H groups in total. The molecule has 20 heavy (non-hydrogen) atoms. The highest BCUT2D eigenvalue weighted by molar-refractivity contribution is 5.85. The van der Waals surface area contributed by atoms with Gasteiger partial charge in [-0.3, -0.25) is 0 Å². The quantitative estimate of drug-likeness (QED) is 0.504. The van der Waals surface area contributed by atoms with Crippen LogP contribution in [0.3, 0.4) is 0 Å². The lowest BCUT2D eigenvalue weighted by Gasteiger charge is -2.06. The molecule has 1 aromatic carbocycles. The van der Waals surface area contributed by atoms with Crippen LogP contribution < -0.4 is 4.74 Å². The van der Waals surface area contributed by atoms with Crippen LogP contribution in [0.5, 0.6) is 5.75 Å². The van der Waals surface area contributed by atoms with Crippen LogP contribution in [-0.2, 0) is 4.79 Å². The van der Waals surface area contributed by atoms with Crippen molar-refractivity contribution in [3.63, 3.8) is 0 Å². The van der Waals surface area contributed by atoms with Gasteiger partial charge in [0.15, 0.2) is 0 Å². The van der Waals surface area contributed by atoms with Gasteiger partial charge < -0.3 is 9.84 Å². The maximum absolute atomic E-state index is 10.4. The third-order valence-electron chi connectivity index (χ3n) is 3.07. The number of carboxylic acid groups (broad SMARTS) is 1. The zero-order valence-electron chi connectivity index (χ0n) is 12.2. The summed E-state index contributed by atoms with van der Waals surface area (Å²) in [6.45, 7) is 2.97. The number of benzene rings is 1. The van der Waals surface area contributed by atoms with E-state index in [4.69, 9.17) is 9.84 Å². The molecule has 0 amide bonds. The molecule has 0 spiro atoms. The Kier molecular flexibility index (Phi) is 8.20. The smallest absolute Gasteiger partial charge is 0.328 e. The van der Waals surface area contributed by atoms with Gasteiger partial charge in [-0.25, -0.2) is 4.79 Å². The first-order valence-corrected chi connectivity index (χ1v) is 7.36. The Morgan fingerprint density at radius 1 is 1.10 bits per heavy atom. The minimum absolute atomic E-state index is 0.746. The summed E-state index contributed by atoms with van der Waals surface area (Å²) in [4.78, 5) is 10.4. The Balaban J connectivity index is 2.20. The average molecular weight is 276 g/mol. The summed E-state index contributed by atoms with van der Waals surface area (Å²) in [7, 11) is 0. The van der Waals surface area contributed by atoms with Crippen LogP contribution in [0.2, 0.25) is 0 Å². The van der Waals surface area contributed by atoms with Crippen molar-refractivity contribution in [3.05, 3.63) is 35.9 Å². The van der Waals surface area contributed by atoms with E-state index in [0.717, 1.165) is 30.4 Å². The van der Waals surface area contributed by atoms with Crippen LogP contribution in [0.15, 0.2) is 30.3 Å². The van der Waals surface area contributed by atoms with Crippen molar-refractivity contribution in [1.29, 1.82) is 0 Å². The summed E-state index contributed by atoms with van der Waals surface area (Å²) < 4.78 is 5.65. The van der Waals surface area contributed by atoms with Gasteiger partial charge in [-0.05, 0) is 30.2 Å². The van der Waals surface area contributed by atoms with Gasteiger partial charge in [-0.1, -0.05) is 51.2 Å². The predicted octanol–water partition coefficient (Wildman–Crippen LogP) is 4.52. The summed E-state index contributed by atoms with van der Waals surface area (Å²) in [5.74, 6) is -0.0977. The van der Waals surface area contributed by atoms with E-state index in [-0.39, 0.29) is 0 Å². The third-order valence-corrected chi connectivity index (χ3v) is 3.07. The van der Waals surface area contributed by atoms with Gasteiger partial charge in [0, 0.05) is 6.08 Å². The van der Waals surface area contributed by atoms with E-state index >= 15 is 0 Å². The molecule has 0 aromatic heterocycles. The van der Waals surface area contributed by atoms with Gasteiger partial charge in [0.2, 0.25) is 0 Å². The molecule has 0 bridgehead atoms. The molecule has 0 fully saturated rings. The van der Waals surface area contributed by atoms with Crippen molar-refractivity contribution in [1.82, 2.24) is 0 Å². The lowest BCUT2D eigenvalue weighted by atomic mass is 10.1. The molecule has 1 aromatic rings. The van der Waals surface area contributed by atoms with E-state index in [0.29, 0.717) is 0 Å². The Labute approximate surface area is 121 Å². The fourth-order valence-corrected chi connectivity index (χ4v) is 1.92. The SMILES string of the molecule is CCCCCCCCOc1ccc(/C=C/C(=O)O)cc1. The minimum Gasteiger partial charge on any atom is -0.494 e. The Hall–Kier alpha value is -1.77. The number of hydrogen-bond donors (Lipinski definition) is 1. The first kappa shape index (κ1) is 16.3. The zero-order valence-corrected chi connectivity index (χ0v) is 12.2. The lowest BCUT2D eigenvalue weighted by molar-refractivity contribution is -0.131. The van der Waals surface area contributed by atoms with Crippen molar-refractivity contribution in [2.24, 2.45) is 0 Å². The largest absolute Gasteiger partial charge is 0.494 e. The third kappa shape index (κ3) is 7.62. The summed E-state index contributed by atoms with van der Waals surface area (Å²) in [5, 5.41) is 8.54. The fraction of sp³-hybridized carbons (Fsp3) is 0.471. The van der Waals surface area contributed by atoms with Crippen molar-refractivity contribution in [2.45, 2.75) is 45.4 Å². The first-order chi connectivity index (χ1) is 9.72. The minimum atomic E-state index is -0.937. The van der Waals surface area contributed by atoms with Crippen LogP contribution >= 0.6 is 0 Å². The first-order valence-electron chi connectivity index (χ1n) is 7.36. The zero-order chi connectivity index (χ0) is 14.6. The molecule has 0 saturated heterocycles. The van der Waals surface area contributed by atoms with E-state index in [1.165, 1.54) is 32.1 Å². The van der Waals surface area contributed by atoms with E-state index in [1.54, 1.807) is 6.08 Å². The summed E-state index contributed by atoms with van der Waals surface area (Å²) in [5.41, 5.74) is 0.860. The number of rotatable bonds is 10. The molecule has 3 nitrogen and oxygen atoms in total. The van der Waals surface area contributed by atoms with E-state index in [9.17, 15) is 4.79 Å². The highest BCUT2D eigenvalue weighted by Crippen LogP contribution is 2.14. The van der Waals surface area contributed by atoms with Crippen LogP contribution in [0.1, 0.15) is 51.0 Å². The Morgan fingerprint density at radius 2 is 1.75 bits per heavy atom. The van der Waals surface area contributed by atoms with Crippen molar-refractivity contribution in [2.75, 3.05) is 6.61 Å². The maximum Gasteiger partial charge on any atom is 0.328 e. The number of unbranched alkanes of at least 4 members (excludes halogenated alkanes) is 5. The van der Waals surface area contributed by atoms with Gasteiger partial charge in [-0.15, -0.1) is 0 Å². The molecule has 0 saturated carbocycles. The summed E-state index contributed by atoms with van der Waals surface area (Å²) >= 11 is 0. The van der Waals surface area contributed by atoms with Gasteiger partial charge in [-0.2, -0.15) is 0 Å². The molecule has 0 aliphatic rings. The normalized spacial score (nSPS) is 10.8. The molecular formula is C17H24O3.